The molecule has 2 rings (SSSR count). The van der Waals surface area contributed by atoms with Gasteiger partial charge in [-0.2, -0.15) is 0 Å². The zero-order chi connectivity index (χ0) is 15.4. The van der Waals surface area contributed by atoms with Gasteiger partial charge in [0.25, 0.3) is 0 Å². The first-order chi connectivity index (χ1) is 9.99. The molecule has 2 aromatic rings. The van der Waals surface area contributed by atoms with Crippen molar-refractivity contribution in [3.8, 4) is 5.75 Å². The molecule has 0 amide bonds. The topological polar surface area (TPSA) is 35.2 Å². The normalized spacial score (nSPS) is 12.5. The molecule has 0 fully saturated rings. The lowest BCUT2D eigenvalue weighted by Crippen LogP contribution is -2.19. The molecular formula is C19H25NO. The van der Waals surface area contributed by atoms with E-state index in [1.165, 1.54) is 16.7 Å². The van der Waals surface area contributed by atoms with E-state index in [1.807, 2.05) is 12.1 Å². The molecule has 0 saturated heterocycles. The third-order valence-corrected chi connectivity index (χ3v) is 4.00. The van der Waals surface area contributed by atoms with Gasteiger partial charge >= 0.3 is 0 Å². The molecule has 0 saturated carbocycles. The van der Waals surface area contributed by atoms with Gasteiger partial charge in [-0.25, -0.2) is 0 Å². The first-order valence-electron chi connectivity index (χ1n) is 7.53. The first-order valence-corrected chi connectivity index (χ1v) is 7.53. The highest BCUT2D eigenvalue weighted by atomic mass is 16.5. The number of hydrogen-bond acceptors (Lipinski definition) is 2. The average Bonchev–Trinajstić information content (AvgIpc) is 2.48. The van der Waals surface area contributed by atoms with Crippen molar-refractivity contribution in [2.24, 2.45) is 5.73 Å². The van der Waals surface area contributed by atoms with Gasteiger partial charge in [0.1, 0.15) is 12.4 Å². The molecule has 0 spiro atoms. The predicted molar refractivity (Wildman–Crippen MR) is 88.9 cm³/mol. The van der Waals surface area contributed by atoms with Crippen LogP contribution in [0.2, 0.25) is 0 Å². The van der Waals surface area contributed by atoms with E-state index in [0.29, 0.717) is 12.5 Å². The molecule has 0 radical (unpaired) electrons. The standard InChI is InChI=1S/C19H25NO/c1-13(2)16-8-10-17(11-9-16)18(20)12-21-19-7-5-6-14(3)15(19)4/h5-11,13,18H,12,20H2,1-4H3. The lowest BCUT2D eigenvalue weighted by Gasteiger charge is -2.16. The molecule has 0 aromatic heterocycles. The van der Waals surface area contributed by atoms with Crippen LogP contribution < -0.4 is 10.5 Å². The molecule has 0 aliphatic rings. The summed E-state index contributed by atoms with van der Waals surface area (Å²) in [5.74, 6) is 1.46. The Labute approximate surface area is 127 Å². The third kappa shape index (κ3) is 3.85. The van der Waals surface area contributed by atoms with E-state index in [2.05, 4.69) is 58.0 Å². The summed E-state index contributed by atoms with van der Waals surface area (Å²) in [4.78, 5) is 0. The monoisotopic (exact) mass is 283 g/mol. The van der Waals surface area contributed by atoms with Crippen LogP contribution in [-0.4, -0.2) is 6.61 Å². The molecule has 2 N–H and O–H groups in total. The van der Waals surface area contributed by atoms with Crippen molar-refractivity contribution in [2.45, 2.75) is 39.7 Å². The summed E-state index contributed by atoms with van der Waals surface area (Å²) in [6.45, 7) is 9.04. The zero-order valence-corrected chi connectivity index (χ0v) is 13.4. The first kappa shape index (κ1) is 15.6. The van der Waals surface area contributed by atoms with Crippen molar-refractivity contribution in [1.82, 2.24) is 0 Å². The van der Waals surface area contributed by atoms with Gasteiger partial charge in [0.05, 0.1) is 6.04 Å². The number of rotatable bonds is 5. The third-order valence-electron chi connectivity index (χ3n) is 4.00. The minimum absolute atomic E-state index is 0.105. The highest BCUT2D eigenvalue weighted by Gasteiger charge is 2.09. The maximum atomic E-state index is 6.23. The molecule has 1 unspecified atom stereocenters. The molecule has 0 bridgehead atoms. The Bertz CT molecular complexity index is 587. The van der Waals surface area contributed by atoms with Crippen LogP contribution in [0.25, 0.3) is 0 Å². The van der Waals surface area contributed by atoms with E-state index in [0.717, 1.165) is 11.3 Å². The lowest BCUT2D eigenvalue weighted by atomic mass is 9.99. The van der Waals surface area contributed by atoms with Crippen LogP contribution in [0.3, 0.4) is 0 Å². The Kier molecular flexibility index (Phi) is 5.03. The Hall–Kier alpha value is -1.80. The molecule has 21 heavy (non-hydrogen) atoms. The fourth-order valence-corrected chi connectivity index (χ4v) is 2.28. The minimum atomic E-state index is -0.105. The highest BCUT2D eigenvalue weighted by molar-refractivity contribution is 5.38. The Balaban J connectivity index is 2.01. The summed E-state index contributed by atoms with van der Waals surface area (Å²) < 4.78 is 5.89. The van der Waals surface area contributed by atoms with Crippen LogP contribution in [0, 0.1) is 13.8 Å². The van der Waals surface area contributed by atoms with Gasteiger partial charge in [0.2, 0.25) is 0 Å². The van der Waals surface area contributed by atoms with Gasteiger partial charge in [0.15, 0.2) is 0 Å². The van der Waals surface area contributed by atoms with Crippen molar-refractivity contribution in [2.75, 3.05) is 6.61 Å². The number of nitrogens with two attached hydrogens (primary N) is 1. The maximum Gasteiger partial charge on any atom is 0.122 e. The second kappa shape index (κ2) is 6.77. The quantitative estimate of drug-likeness (QED) is 0.876. The van der Waals surface area contributed by atoms with E-state index < -0.39 is 0 Å². The summed E-state index contributed by atoms with van der Waals surface area (Å²) in [5, 5.41) is 0. The second-order valence-corrected chi connectivity index (χ2v) is 5.94. The van der Waals surface area contributed by atoms with E-state index in [4.69, 9.17) is 10.5 Å². The highest BCUT2D eigenvalue weighted by Crippen LogP contribution is 2.23. The van der Waals surface area contributed by atoms with Gasteiger partial charge in [0, 0.05) is 0 Å². The number of aryl methyl sites for hydroxylation is 1. The summed E-state index contributed by atoms with van der Waals surface area (Å²) >= 11 is 0. The molecule has 112 valence electrons. The zero-order valence-electron chi connectivity index (χ0n) is 13.4. The van der Waals surface area contributed by atoms with Crippen LogP contribution in [0.5, 0.6) is 5.75 Å². The van der Waals surface area contributed by atoms with Crippen molar-refractivity contribution >= 4 is 0 Å². The van der Waals surface area contributed by atoms with Crippen molar-refractivity contribution in [3.63, 3.8) is 0 Å². The Morgan fingerprint density at radius 2 is 1.57 bits per heavy atom. The van der Waals surface area contributed by atoms with Gasteiger partial charge < -0.3 is 10.5 Å². The van der Waals surface area contributed by atoms with Crippen LogP contribution in [-0.2, 0) is 0 Å². The fraction of sp³-hybridized carbons (Fsp3) is 0.368. The summed E-state index contributed by atoms with van der Waals surface area (Å²) in [5.41, 5.74) is 11.1. The second-order valence-electron chi connectivity index (χ2n) is 5.94. The van der Waals surface area contributed by atoms with Crippen LogP contribution in [0.15, 0.2) is 42.5 Å². The molecule has 2 nitrogen and oxygen atoms in total. The molecule has 0 heterocycles. The smallest absolute Gasteiger partial charge is 0.122 e. The predicted octanol–water partition coefficient (Wildman–Crippen LogP) is 4.51. The fourth-order valence-electron chi connectivity index (χ4n) is 2.28. The SMILES string of the molecule is Cc1cccc(OCC(N)c2ccc(C(C)C)cc2)c1C. The van der Waals surface area contributed by atoms with E-state index in [1.54, 1.807) is 0 Å². The van der Waals surface area contributed by atoms with Gasteiger partial charge in [-0.15, -0.1) is 0 Å². The molecule has 0 aliphatic heterocycles. The number of hydrogen-bond donors (Lipinski definition) is 1. The molecular weight excluding hydrogens is 258 g/mol. The molecule has 2 aromatic carbocycles. The van der Waals surface area contributed by atoms with Gasteiger partial charge in [-0.3, -0.25) is 0 Å². The van der Waals surface area contributed by atoms with Crippen LogP contribution in [0.4, 0.5) is 0 Å². The summed E-state index contributed by atoms with van der Waals surface area (Å²) in [6.07, 6.45) is 0. The summed E-state index contributed by atoms with van der Waals surface area (Å²) in [6, 6.07) is 14.5. The van der Waals surface area contributed by atoms with Crippen LogP contribution in [0.1, 0.15) is 48.1 Å². The van der Waals surface area contributed by atoms with Crippen molar-refractivity contribution in [1.29, 1.82) is 0 Å². The van der Waals surface area contributed by atoms with E-state index in [9.17, 15) is 0 Å². The van der Waals surface area contributed by atoms with Gasteiger partial charge in [-0.1, -0.05) is 50.2 Å². The molecule has 1 atom stereocenters. The van der Waals surface area contributed by atoms with Gasteiger partial charge in [-0.05, 0) is 48.1 Å². The van der Waals surface area contributed by atoms with E-state index in [-0.39, 0.29) is 6.04 Å². The molecule has 0 aliphatic carbocycles. The van der Waals surface area contributed by atoms with Crippen LogP contribution >= 0.6 is 0 Å². The average molecular weight is 283 g/mol. The number of ether oxygens (including phenoxy) is 1. The maximum absolute atomic E-state index is 6.23. The summed E-state index contributed by atoms with van der Waals surface area (Å²) in [7, 11) is 0. The largest absolute Gasteiger partial charge is 0.491 e. The van der Waals surface area contributed by atoms with E-state index >= 15 is 0 Å². The molecule has 2 heteroatoms. The Morgan fingerprint density at radius 3 is 2.19 bits per heavy atom. The lowest BCUT2D eigenvalue weighted by molar-refractivity contribution is 0.288. The minimum Gasteiger partial charge on any atom is -0.491 e. The number of benzene rings is 2. The van der Waals surface area contributed by atoms with Crippen molar-refractivity contribution < 1.29 is 4.74 Å². The van der Waals surface area contributed by atoms with Crippen molar-refractivity contribution in [3.05, 3.63) is 64.7 Å². The Morgan fingerprint density at radius 1 is 0.952 bits per heavy atom.